The zero-order chi connectivity index (χ0) is 26.5. The van der Waals surface area contributed by atoms with Crippen LogP contribution in [0.2, 0.25) is 0 Å². The molecule has 0 bridgehead atoms. The van der Waals surface area contributed by atoms with Gasteiger partial charge in [-0.25, -0.2) is 10.9 Å². The van der Waals surface area contributed by atoms with Crippen molar-refractivity contribution in [3.05, 3.63) is 29.3 Å². The number of carbonyl (C=O) groups excluding carboxylic acids is 4. The van der Waals surface area contributed by atoms with E-state index in [9.17, 15) is 19.2 Å². The number of hydrazone groups is 2. The standard InChI is InChI=1S/C25H29N7O4/c1-16-5-3-6-17(2)25(16)28-22(34)8-4-7-21(33)19-15-18(29-31-23(35)11-13-26)9-10-20(19)30-32-24(36)12-14-27/h3,5-6,19H,4,7-12,15H2,1-2H3,(H,28,34)(H,31,35)(H,32,36)/b29-18-,30-20-/t19-/m0/s1. The smallest absolute Gasteiger partial charge is 0.254 e. The molecule has 0 aromatic heterocycles. The Hall–Kier alpha value is -4.38. The fourth-order valence-electron chi connectivity index (χ4n) is 3.75. The number of aryl methyl sites for hydroxylation is 2. The van der Waals surface area contributed by atoms with E-state index >= 15 is 0 Å². The molecule has 11 nitrogen and oxygen atoms in total. The molecule has 1 atom stereocenters. The van der Waals surface area contributed by atoms with E-state index in [2.05, 4.69) is 26.4 Å². The number of para-hydroxylation sites is 1. The highest BCUT2D eigenvalue weighted by atomic mass is 16.2. The van der Waals surface area contributed by atoms with Crippen LogP contribution in [0.15, 0.2) is 28.4 Å². The molecule has 188 valence electrons. The fraction of sp³-hybridized carbons (Fsp3) is 0.440. The van der Waals surface area contributed by atoms with Crippen LogP contribution < -0.4 is 16.2 Å². The third-order valence-corrected chi connectivity index (χ3v) is 5.62. The summed E-state index contributed by atoms with van der Waals surface area (Å²) < 4.78 is 0. The van der Waals surface area contributed by atoms with Gasteiger partial charge in [-0.15, -0.1) is 0 Å². The predicted molar refractivity (Wildman–Crippen MR) is 132 cm³/mol. The lowest BCUT2D eigenvalue weighted by Gasteiger charge is -2.24. The highest BCUT2D eigenvalue weighted by Gasteiger charge is 2.30. The average Bonchev–Trinajstić information content (AvgIpc) is 2.84. The van der Waals surface area contributed by atoms with Gasteiger partial charge in [-0.3, -0.25) is 19.2 Å². The number of carbonyl (C=O) groups is 4. The minimum absolute atomic E-state index is 0.115. The Labute approximate surface area is 209 Å². The number of amides is 3. The maximum absolute atomic E-state index is 13.1. The minimum Gasteiger partial charge on any atom is -0.326 e. The molecule has 1 aromatic carbocycles. The van der Waals surface area contributed by atoms with E-state index in [1.165, 1.54) is 0 Å². The fourth-order valence-corrected chi connectivity index (χ4v) is 3.75. The summed E-state index contributed by atoms with van der Waals surface area (Å²) in [6.07, 6.45) is 0.819. The largest absolute Gasteiger partial charge is 0.326 e. The van der Waals surface area contributed by atoms with E-state index in [-0.39, 0.29) is 43.8 Å². The summed E-state index contributed by atoms with van der Waals surface area (Å²) in [7, 11) is 0. The molecule has 0 aliphatic heterocycles. The van der Waals surface area contributed by atoms with Crippen LogP contribution in [0, 0.1) is 42.4 Å². The summed E-state index contributed by atoms with van der Waals surface area (Å²) >= 11 is 0. The molecule has 2 rings (SSSR count). The van der Waals surface area contributed by atoms with Crippen LogP contribution in [0.25, 0.3) is 0 Å². The van der Waals surface area contributed by atoms with Crippen LogP contribution >= 0.6 is 0 Å². The molecule has 1 aromatic rings. The second kappa shape index (κ2) is 14.1. The molecule has 0 heterocycles. The summed E-state index contributed by atoms with van der Waals surface area (Å²) in [4.78, 5) is 48.7. The molecule has 3 amide bonds. The first-order chi connectivity index (χ1) is 17.2. The molecule has 36 heavy (non-hydrogen) atoms. The van der Waals surface area contributed by atoms with E-state index in [1.807, 2.05) is 32.0 Å². The third kappa shape index (κ3) is 8.76. The van der Waals surface area contributed by atoms with Gasteiger partial charge >= 0.3 is 0 Å². The van der Waals surface area contributed by atoms with Crippen LogP contribution in [0.3, 0.4) is 0 Å². The Morgan fingerprint density at radius 2 is 1.53 bits per heavy atom. The summed E-state index contributed by atoms with van der Waals surface area (Å²) in [6.45, 7) is 3.82. The number of ketones is 1. The molecule has 1 fully saturated rings. The van der Waals surface area contributed by atoms with Crippen molar-refractivity contribution in [2.24, 2.45) is 16.1 Å². The quantitative estimate of drug-likeness (QED) is 0.423. The summed E-state index contributed by atoms with van der Waals surface area (Å²) in [6, 6.07) is 9.19. The van der Waals surface area contributed by atoms with Gasteiger partial charge in [0.15, 0.2) is 0 Å². The second-order valence-electron chi connectivity index (χ2n) is 8.41. The van der Waals surface area contributed by atoms with Gasteiger partial charge in [0.05, 0.1) is 18.1 Å². The maximum atomic E-state index is 13.1. The van der Waals surface area contributed by atoms with Crippen molar-refractivity contribution >= 4 is 40.6 Å². The second-order valence-corrected chi connectivity index (χ2v) is 8.41. The number of nitrogens with zero attached hydrogens (tertiary/aromatic N) is 4. The minimum atomic E-state index is -0.686. The van der Waals surface area contributed by atoms with Crippen molar-refractivity contribution in [1.29, 1.82) is 10.5 Å². The van der Waals surface area contributed by atoms with Crippen LogP contribution in [0.5, 0.6) is 0 Å². The van der Waals surface area contributed by atoms with E-state index < -0.39 is 17.7 Å². The number of nitriles is 2. The lowest BCUT2D eigenvalue weighted by Crippen LogP contribution is -2.35. The highest BCUT2D eigenvalue weighted by molar-refractivity contribution is 6.12. The van der Waals surface area contributed by atoms with Gasteiger partial charge in [-0.1, -0.05) is 18.2 Å². The lowest BCUT2D eigenvalue weighted by molar-refractivity contribution is -0.122. The molecule has 1 aliphatic rings. The zero-order valence-electron chi connectivity index (χ0n) is 20.4. The SMILES string of the molecule is Cc1cccc(C)c1NC(=O)CCCC(=O)[C@H]1C/C(=N\NC(=O)CC#N)CC/C1=N/NC(=O)CC#N. The van der Waals surface area contributed by atoms with Crippen molar-refractivity contribution in [2.45, 2.75) is 65.2 Å². The van der Waals surface area contributed by atoms with Gasteiger partial charge in [0, 0.05) is 36.4 Å². The predicted octanol–water partition coefficient (Wildman–Crippen LogP) is 2.55. The monoisotopic (exact) mass is 491 g/mol. The Kier molecular flexibility index (Phi) is 10.9. The molecule has 3 N–H and O–H groups in total. The summed E-state index contributed by atoms with van der Waals surface area (Å²) in [5.74, 6) is -2.18. The van der Waals surface area contributed by atoms with Crippen molar-refractivity contribution in [1.82, 2.24) is 10.9 Å². The van der Waals surface area contributed by atoms with Gasteiger partial charge in [0.25, 0.3) is 11.8 Å². The normalized spacial score (nSPS) is 17.1. The number of benzene rings is 1. The van der Waals surface area contributed by atoms with Crippen LogP contribution in [-0.4, -0.2) is 34.9 Å². The van der Waals surface area contributed by atoms with E-state index in [0.29, 0.717) is 30.7 Å². The molecular formula is C25H29N7O4. The van der Waals surface area contributed by atoms with Crippen molar-refractivity contribution < 1.29 is 19.2 Å². The first-order valence-corrected chi connectivity index (χ1v) is 11.6. The first-order valence-electron chi connectivity index (χ1n) is 11.6. The molecule has 0 radical (unpaired) electrons. The Bertz CT molecular complexity index is 1140. The topological polar surface area (TPSA) is 177 Å². The molecule has 1 saturated carbocycles. The number of Topliss-reactive ketones (excluding diaryl/α,β-unsaturated/α-hetero) is 1. The molecule has 11 heteroatoms. The Morgan fingerprint density at radius 1 is 0.917 bits per heavy atom. The van der Waals surface area contributed by atoms with Crippen LogP contribution in [-0.2, 0) is 19.2 Å². The van der Waals surface area contributed by atoms with Gasteiger partial charge in [0.1, 0.15) is 18.6 Å². The Morgan fingerprint density at radius 3 is 2.14 bits per heavy atom. The summed E-state index contributed by atoms with van der Waals surface area (Å²) in [5, 5.41) is 28.2. The third-order valence-electron chi connectivity index (χ3n) is 5.62. The van der Waals surface area contributed by atoms with E-state index in [1.54, 1.807) is 12.1 Å². The average molecular weight is 492 g/mol. The van der Waals surface area contributed by atoms with Crippen molar-refractivity contribution in [2.75, 3.05) is 5.32 Å². The maximum Gasteiger partial charge on any atom is 0.254 e. The van der Waals surface area contributed by atoms with Crippen molar-refractivity contribution in [3.8, 4) is 12.1 Å². The highest BCUT2D eigenvalue weighted by Crippen LogP contribution is 2.24. The number of hydrogen-bond donors (Lipinski definition) is 3. The lowest BCUT2D eigenvalue weighted by atomic mass is 9.81. The van der Waals surface area contributed by atoms with Gasteiger partial charge in [0.2, 0.25) is 5.91 Å². The number of hydrogen-bond acceptors (Lipinski definition) is 8. The van der Waals surface area contributed by atoms with Crippen molar-refractivity contribution in [3.63, 3.8) is 0 Å². The summed E-state index contributed by atoms with van der Waals surface area (Å²) in [5.41, 5.74) is 8.29. The van der Waals surface area contributed by atoms with Gasteiger partial charge in [-0.05, 0) is 44.2 Å². The zero-order valence-corrected chi connectivity index (χ0v) is 20.4. The molecular weight excluding hydrogens is 462 g/mol. The molecule has 0 unspecified atom stereocenters. The van der Waals surface area contributed by atoms with Gasteiger partial charge < -0.3 is 5.32 Å². The molecule has 0 spiro atoms. The van der Waals surface area contributed by atoms with E-state index in [0.717, 1.165) is 16.8 Å². The molecule has 0 saturated heterocycles. The van der Waals surface area contributed by atoms with Crippen LogP contribution in [0.1, 0.15) is 62.5 Å². The number of anilines is 1. The molecule has 1 aliphatic carbocycles. The number of nitrogens with one attached hydrogen (secondary N) is 3. The van der Waals surface area contributed by atoms with Gasteiger partial charge in [-0.2, -0.15) is 20.7 Å². The first kappa shape index (κ1) is 27.9. The Balaban J connectivity index is 2.02. The van der Waals surface area contributed by atoms with E-state index in [4.69, 9.17) is 10.5 Å². The number of rotatable bonds is 10. The van der Waals surface area contributed by atoms with Crippen LogP contribution in [0.4, 0.5) is 5.69 Å².